The summed E-state index contributed by atoms with van der Waals surface area (Å²) in [5.41, 5.74) is 6.62. The highest BCUT2D eigenvalue weighted by Gasteiger charge is 2.16. The Morgan fingerprint density at radius 2 is 1.73 bits per heavy atom. The first-order chi connectivity index (χ1) is 15.7. The monoisotopic (exact) mass is 448 g/mol. The lowest BCUT2D eigenvalue weighted by Crippen LogP contribution is -2.15. The molecule has 0 saturated heterocycles. The quantitative estimate of drug-likeness (QED) is 0.454. The van der Waals surface area contributed by atoms with Gasteiger partial charge in [0.1, 0.15) is 24.8 Å². The average Bonchev–Trinajstić information content (AvgIpc) is 3.37. The van der Waals surface area contributed by atoms with Gasteiger partial charge in [0.25, 0.3) is 5.91 Å². The summed E-state index contributed by atoms with van der Waals surface area (Å²) in [6, 6.07) is 9.06. The summed E-state index contributed by atoms with van der Waals surface area (Å²) in [4.78, 5) is 12.9. The van der Waals surface area contributed by atoms with Gasteiger partial charge in [-0.3, -0.25) is 4.79 Å². The maximum absolute atomic E-state index is 12.9. The number of nitrogens with zero attached hydrogens (tertiary/aromatic N) is 5. The molecule has 1 N–H and O–H groups in total. The summed E-state index contributed by atoms with van der Waals surface area (Å²) >= 11 is 0. The molecule has 1 amide bonds. The Morgan fingerprint density at radius 1 is 1.00 bits per heavy atom. The summed E-state index contributed by atoms with van der Waals surface area (Å²) in [5.74, 6) is 1.20. The molecule has 0 spiro atoms. The minimum Gasteiger partial charge on any atom is -0.489 e. The SMILES string of the molecule is Cc1cc(C)n(Cn2nc(C)c(NC(=O)c3ccc(OCc4c(C)noc4C)cc3)c2C)n1. The maximum atomic E-state index is 12.9. The van der Waals surface area contributed by atoms with Crippen molar-refractivity contribution in [1.82, 2.24) is 24.7 Å². The topological polar surface area (TPSA) is 100 Å². The highest BCUT2D eigenvalue weighted by Crippen LogP contribution is 2.22. The molecule has 0 aliphatic carbocycles. The molecule has 0 atom stereocenters. The number of amides is 1. The number of anilines is 1. The first kappa shape index (κ1) is 22.3. The number of rotatable bonds is 7. The summed E-state index contributed by atoms with van der Waals surface area (Å²) in [5, 5.41) is 16.0. The first-order valence-corrected chi connectivity index (χ1v) is 10.7. The molecule has 4 aromatic rings. The third-order valence-corrected chi connectivity index (χ3v) is 5.67. The number of nitrogens with one attached hydrogen (secondary N) is 1. The van der Waals surface area contributed by atoms with Crippen LogP contribution in [0.15, 0.2) is 34.9 Å². The van der Waals surface area contributed by atoms with E-state index < -0.39 is 0 Å². The third kappa shape index (κ3) is 4.67. The number of aryl methyl sites for hydroxylation is 5. The van der Waals surface area contributed by atoms with Gasteiger partial charge in [-0.2, -0.15) is 10.2 Å². The molecule has 3 aromatic heterocycles. The van der Waals surface area contributed by atoms with Crippen LogP contribution in [-0.4, -0.2) is 30.6 Å². The second-order valence-corrected chi connectivity index (χ2v) is 8.18. The number of aromatic nitrogens is 5. The Bertz CT molecular complexity index is 1280. The van der Waals surface area contributed by atoms with Crippen molar-refractivity contribution in [2.45, 2.75) is 54.8 Å². The number of carbonyl (C=O) groups is 1. The highest BCUT2D eigenvalue weighted by molar-refractivity contribution is 6.04. The Balaban J connectivity index is 1.43. The minimum atomic E-state index is -0.205. The van der Waals surface area contributed by atoms with Gasteiger partial charge in [0.15, 0.2) is 0 Å². The predicted octanol–water partition coefficient (Wildman–Crippen LogP) is 4.26. The fourth-order valence-corrected chi connectivity index (χ4v) is 3.71. The van der Waals surface area contributed by atoms with Gasteiger partial charge in [-0.15, -0.1) is 0 Å². The van der Waals surface area contributed by atoms with Gasteiger partial charge in [-0.1, -0.05) is 5.16 Å². The molecule has 0 saturated carbocycles. The zero-order valence-corrected chi connectivity index (χ0v) is 19.8. The van der Waals surface area contributed by atoms with Crippen LogP contribution in [0.2, 0.25) is 0 Å². The molecule has 33 heavy (non-hydrogen) atoms. The third-order valence-electron chi connectivity index (χ3n) is 5.67. The Morgan fingerprint density at radius 3 is 2.33 bits per heavy atom. The Kier molecular flexibility index (Phi) is 6.04. The summed E-state index contributed by atoms with van der Waals surface area (Å²) in [6.45, 7) is 12.4. The second kappa shape index (κ2) is 8.93. The molecule has 0 radical (unpaired) electrons. The zero-order valence-electron chi connectivity index (χ0n) is 19.8. The van der Waals surface area contributed by atoms with E-state index in [9.17, 15) is 4.79 Å². The van der Waals surface area contributed by atoms with Crippen LogP contribution in [0.5, 0.6) is 5.75 Å². The number of hydrogen-bond donors (Lipinski definition) is 1. The van der Waals surface area contributed by atoms with E-state index in [1.54, 1.807) is 24.3 Å². The molecule has 9 heteroatoms. The lowest BCUT2D eigenvalue weighted by Gasteiger charge is -2.09. The summed E-state index contributed by atoms with van der Waals surface area (Å²) < 4.78 is 14.7. The fourth-order valence-electron chi connectivity index (χ4n) is 3.71. The smallest absolute Gasteiger partial charge is 0.255 e. The van der Waals surface area contributed by atoms with Crippen molar-refractivity contribution in [2.24, 2.45) is 0 Å². The van der Waals surface area contributed by atoms with Gasteiger partial charge in [0.05, 0.1) is 34.0 Å². The summed E-state index contributed by atoms with van der Waals surface area (Å²) in [7, 11) is 0. The van der Waals surface area contributed by atoms with Gasteiger partial charge in [0.2, 0.25) is 0 Å². The first-order valence-electron chi connectivity index (χ1n) is 10.7. The van der Waals surface area contributed by atoms with E-state index in [1.807, 2.05) is 57.0 Å². The fraction of sp³-hybridized carbons (Fsp3) is 0.333. The molecule has 3 heterocycles. The van der Waals surface area contributed by atoms with E-state index in [0.29, 0.717) is 30.3 Å². The molecular weight excluding hydrogens is 420 g/mol. The molecule has 1 aromatic carbocycles. The van der Waals surface area contributed by atoms with Crippen LogP contribution < -0.4 is 10.1 Å². The normalized spacial score (nSPS) is 11.1. The minimum absolute atomic E-state index is 0.205. The molecule has 9 nitrogen and oxygen atoms in total. The van der Waals surface area contributed by atoms with Crippen molar-refractivity contribution in [3.63, 3.8) is 0 Å². The largest absolute Gasteiger partial charge is 0.489 e. The molecule has 0 aliphatic rings. The summed E-state index contributed by atoms with van der Waals surface area (Å²) in [6.07, 6.45) is 0. The lowest BCUT2D eigenvalue weighted by molar-refractivity contribution is 0.102. The van der Waals surface area contributed by atoms with E-state index in [4.69, 9.17) is 9.26 Å². The number of benzene rings is 1. The molecule has 4 rings (SSSR count). The maximum Gasteiger partial charge on any atom is 0.255 e. The molecule has 0 aliphatic heterocycles. The van der Waals surface area contributed by atoms with Gasteiger partial charge in [-0.25, -0.2) is 9.36 Å². The van der Waals surface area contributed by atoms with Crippen molar-refractivity contribution >= 4 is 11.6 Å². The van der Waals surface area contributed by atoms with Crippen molar-refractivity contribution in [3.05, 3.63) is 75.7 Å². The van der Waals surface area contributed by atoms with Crippen LogP contribution in [0.25, 0.3) is 0 Å². The zero-order chi connectivity index (χ0) is 23.7. The van der Waals surface area contributed by atoms with Gasteiger partial charge >= 0.3 is 0 Å². The van der Waals surface area contributed by atoms with Gasteiger partial charge in [0, 0.05) is 11.3 Å². The number of ether oxygens (including phenoxy) is 1. The standard InChI is InChI=1S/C24H28N6O3/c1-14-11-15(2)29(26-14)13-30-18(5)23(17(4)27-30)25-24(31)20-7-9-21(10-8-20)32-12-22-16(3)28-33-19(22)6/h7-11H,12-13H2,1-6H3,(H,25,31). The van der Waals surface area contributed by atoms with Gasteiger partial charge < -0.3 is 14.6 Å². The van der Waals surface area contributed by atoms with Crippen molar-refractivity contribution in [1.29, 1.82) is 0 Å². The molecular formula is C24H28N6O3. The highest BCUT2D eigenvalue weighted by atomic mass is 16.5. The van der Waals surface area contributed by atoms with Gasteiger partial charge in [-0.05, 0) is 71.9 Å². The van der Waals surface area contributed by atoms with Crippen molar-refractivity contribution in [3.8, 4) is 5.75 Å². The molecule has 172 valence electrons. The molecule has 0 unspecified atom stereocenters. The molecule has 0 bridgehead atoms. The number of hydrogen-bond acceptors (Lipinski definition) is 6. The van der Waals surface area contributed by atoms with Crippen LogP contribution in [-0.2, 0) is 13.3 Å². The van der Waals surface area contributed by atoms with Crippen LogP contribution in [0, 0.1) is 41.5 Å². The Labute approximate surface area is 192 Å². The van der Waals surface area contributed by atoms with E-state index in [0.717, 1.165) is 39.8 Å². The van der Waals surface area contributed by atoms with E-state index in [-0.39, 0.29) is 5.91 Å². The van der Waals surface area contributed by atoms with Crippen molar-refractivity contribution < 1.29 is 14.1 Å². The number of carbonyl (C=O) groups excluding carboxylic acids is 1. The van der Waals surface area contributed by atoms with Crippen LogP contribution >= 0.6 is 0 Å². The predicted molar refractivity (Wildman–Crippen MR) is 124 cm³/mol. The molecule has 0 fully saturated rings. The lowest BCUT2D eigenvalue weighted by atomic mass is 10.2. The second-order valence-electron chi connectivity index (χ2n) is 8.18. The van der Waals surface area contributed by atoms with Crippen LogP contribution in [0.4, 0.5) is 5.69 Å². The van der Waals surface area contributed by atoms with Crippen molar-refractivity contribution in [2.75, 3.05) is 5.32 Å². The van der Waals surface area contributed by atoms with Crippen LogP contribution in [0.3, 0.4) is 0 Å². The Hall–Kier alpha value is -3.88. The van der Waals surface area contributed by atoms with E-state index in [2.05, 4.69) is 20.7 Å². The van der Waals surface area contributed by atoms with E-state index >= 15 is 0 Å². The van der Waals surface area contributed by atoms with E-state index in [1.165, 1.54) is 0 Å². The average molecular weight is 449 g/mol. The van der Waals surface area contributed by atoms with Crippen LogP contribution in [0.1, 0.15) is 50.2 Å².